The summed E-state index contributed by atoms with van der Waals surface area (Å²) in [5.41, 5.74) is -0.967. The average molecular weight is 529 g/mol. The summed E-state index contributed by atoms with van der Waals surface area (Å²) in [5, 5.41) is 0. The number of rotatable bonds is 24. The lowest BCUT2D eigenvalue weighted by Crippen LogP contribution is -2.46. The van der Waals surface area contributed by atoms with Gasteiger partial charge in [-0.3, -0.25) is 0 Å². The minimum Gasteiger partial charge on any atom is -0.381 e. The Hall–Kier alpha value is -0.460. The Labute approximate surface area is 231 Å². The van der Waals surface area contributed by atoms with Crippen LogP contribution in [0.2, 0.25) is 0 Å². The Morgan fingerprint density at radius 3 is 2.05 bits per heavy atom. The highest BCUT2D eigenvalue weighted by Gasteiger charge is 2.36. The fourth-order valence-corrected chi connectivity index (χ4v) is 4.35. The van der Waals surface area contributed by atoms with Gasteiger partial charge in [0.05, 0.1) is 48.8 Å². The second kappa shape index (κ2) is 18.8. The summed E-state index contributed by atoms with van der Waals surface area (Å²) < 4.78 is 31.5. The first-order chi connectivity index (χ1) is 17.2. The molecular weight excluding hydrogens is 464 g/mol. The molecule has 0 bridgehead atoms. The molecule has 0 saturated heterocycles. The molecule has 222 valence electrons. The zero-order valence-electron chi connectivity index (χ0n) is 26.6. The van der Waals surface area contributed by atoms with Crippen LogP contribution in [0.25, 0.3) is 0 Å². The number of ether oxygens (including phenoxy) is 5. The lowest BCUT2D eigenvalue weighted by atomic mass is 9.90. The summed E-state index contributed by atoms with van der Waals surface area (Å²) in [5.74, 6) is 0.717. The van der Waals surface area contributed by atoms with Crippen LogP contribution in [0.5, 0.6) is 0 Å². The van der Waals surface area contributed by atoms with E-state index in [1.165, 1.54) is 19.3 Å². The highest BCUT2D eigenvalue weighted by molar-refractivity contribution is 4.85. The molecule has 0 saturated carbocycles. The standard InChI is InChI=1S/C32H64O5/c1-13-17-18-27(15-3)23-33-24-28(25-36-30(7,8)19-21-34-26(5)6)32(11,12)37-29(16-4)22-31(9,10)35-20-14-2/h14,26-29H,2,13,15-25H2,1,3-12H3. The molecule has 3 unspecified atom stereocenters. The van der Waals surface area contributed by atoms with Gasteiger partial charge in [-0.25, -0.2) is 0 Å². The second-order valence-corrected chi connectivity index (χ2v) is 12.7. The summed E-state index contributed by atoms with van der Waals surface area (Å²) in [6.45, 7) is 30.8. The van der Waals surface area contributed by atoms with Crippen LogP contribution >= 0.6 is 0 Å². The van der Waals surface area contributed by atoms with Crippen LogP contribution in [0.4, 0.5) is 0 Å². The van der Waals surface area contributed by atoms with Gasteiger partial charge in [-0.1, -0.05) is 46.1 Å². The zero-order chi connectivity index (χ0) is 28.5. The third-order valence-electron chi connectivity index (χ3n) is 7.27. The number of hydrogen-bond acceptors (Lipinski definition) is 5. The molecule has 0 aromatic heterocycles. The van der Waals surface area contributed by atoms with Crippen molar-refractivity contribution in [1.29, 1.82) is 0 Å². The van der Waals surface area contributed by atoms with Crippen LogP contribution < -0.4 is 0 Å². The molecule has 0 N–H and O–H groups in total. The summed E-state index contributed by atoms with van der Waals surface area (Å²) in [4.78, 5) is 0. The number of hydrogen-bond donors (Lipinski definition) is 0. The minimum atomic E-state index is -0.412. The second-order valence-electron chi connectivity index (χ2n) is 12.7. The number of unbranched alkanes of at least 4 members (excludes halogenated alkanes) is 1. The van der Waals surface area contributed by atoms with Gasteiger partial charge < -0.3 is 23.7 Å². The van der Waals surface area contributed by atoms with E-state index >= 15 is 0 Å². The zero-order valence-corrected chi connectivity index (χ0v) is 26.6. The first-order valence-electron chi connectivity index (χ1n) is 15.0. The molecule has 0 radical (unpaired) electrons. The minimum absolute atomic E-state index is 0.0812. The maximum atomic E-state index is 6.80. The van der Waals surface area contributed by atoms with Crippen molar-refractivity contribution in [2.45, 2.75) is 150 Å². The molecule has 0 aliphatic rings. The molecule has 0 aromatic carbocycles. The van der Waals surface area contributed by atoms with Gasteiger partial charge in [0.2, 0.25) is 0 Å². The van der Waals surface area contributed by atoms with Crippen molar-refractivity contribution < 1.29 is 23.7 Å². The summed E-state index contributed by atoms with van der Waals surface area (Å²) >= 11 is 0. The van der Waals surface area contributed by atoms with Gasteiger partial charge in [-0.15, -0.1) is 6.58 Å². The van der Waals surface area contributed by atoms with E-state index in [-0.39, 0.29) is 29.3 Å². The normalized spacial score (nSPS) is 15.7. The van der Waals surface area contributed by atoms with Crippen LogP contribution in [0, 0.1) is 11.8 Å². The van der Waals surface area contributed by atoms with Gasteiger partial charge in [0.15, 0.2) is 0 Å². The van der Waals surface area contributed by atoms with Crippen LogP contribution in [-0.2, 0) is 23.7 Å². The molecule has 0 aliphatic carbocycles. The predicted molar refractivity (Wildman–Crippen MR) is 157 cm³/mol. The third-order valence-corrected chi connectivity index (χ3v) is 7.27. The topological polar surface area (TPSA) is 46.2 Å². The smallest absolute Gasteiger partial charge is 0.0702 e. The molecule has 3 atom stereocenters. The van der Waals surface area contributed by atoms with E-state index in [0.29, 0.717) is 32.3 Å². The molecule has 5 nitrogen and oxygen atoms in total. The van der Waals surface area contributed by atoms with Gasteiger partial charge in [-0.05, 0) is 80.6 Å². The molecular formula is C32H64O5. The molecule has 0 rings (SSSR count). The highest BCUT2D eigenvalue weighted by atomic mass is 16.5. The van der Waals surface area contributed by atoms with E-state index in [9.17, 15) is 0 Å². The van der Waals surface area contributed by atoms with Crippen LogP contribution in [-0.4, -0.2) is 62.0 Å². The van der Waals surface area contributed by atoms with Gasteiger partial charge in [0, 0.05) is 25.6 Å². The van der Waals surface area contributed by atoms with Crippen LogP contribution in [0.3, 0.4) is 0 Å². The molecule has 5 heteroatoms. The summed E-state index contributed by atoms with van der Waals surface area (Å²) in [6, 6.07) is 0. The SMILES string of the molecule is C=CCOC(C)(C)CC(CC)OC(C)(C)C(COCC(CC)CCCC)COC(C)(C)CCOC(C)C. The fraction of sp³-hybridized carbons (Fsp3) is 0.938. The molecule has 0 spiro atoms. The van der Waals surface area contributed by atoms with Crippen molar-refractivity contribution in [2.24, 2.45) is 11.8 Å². The lowest BCUT2D eigenvalue weighted by molar-refractivity contribution is -0.168. The summed E-state index contributed by atoms with van der Waals surface area (Å²) in [7, 11) is 0. The Kier molecular flexibility index (Phi) is 18.5. The van der Waals surface area contributed by atoms with E-state index < -0.39 is 5.60 Å². The van der Waals surface area contributed by atoms with E-state index in [2.05, 4.69) is 82.7 Å². The van der Waals surface area contributed by atoms with E-state index in [1.54, 1.807) is 6.08 Å². The van der Waals surface area contributed by atoms with Crippen molar-refractivity contribution in [3.8, 4) is 0 Å². The molecule has 0 fully saturated rings. The molecule has 0 amide bonds. The van der Waals surface area contributed by atoms with Crippen LogP contribution in [0.1, 0.15) is 121 Å². The molecule has 0 aromatic rings. The third kappa shape index (κ3) is 17.7. The Balaban J connectivity index is 5.39. The summed E-state index contributed by atoms with van der Waals surface area (Å²) in [6.07, 6.45) is 9.58. The first-order valence-corrected chi connectivity index (χ1v) is 15.0. The van der Waals surface area contributed by atoms with E-state index in [0.717, 1.165) is 32.3 Å². The van der Waals surface area contributed by atoms with Crippen molar-refractivity contribution in [1.82, 2.24) is 0 Å². The molecule has 0 heterocycles. The van der Waals surface area contributed by atoms with E-state index in [4.69, 9.17) is 23.7 Å². The fourth-order valence-electron chi connectivity index (χ4n) is 4.35. The van der Waals surface area contributed by atoms with Crippen molar-refractivity contribution in [3.63, 3.8) is 0 Å². The van der Waals surface area contributed by atoms with Crippen molar-refractivity contribution in [2.75, 3.05) is 33.0 Å². The Morgan fingerprint density at radius 1 is 0.838 bits per heavy atom. The largest absolute Gasteiger partial charge is 0.381 e. The quantitative estimate of drug-likeness (QED) is 0.118. The monoisotopic (exact) mass is 528 g/mol. The first kappa shape index (κ1) is 36.5. The van der Waals surface area contributed by atoms with Gasteiger partial charge in [-0.2, -0.15) is 0 Å². The van der Waals surface area contributed by atoms with Gasteiger partial charge in [0.1, 0.15) is 0 Å². The van der Waals surface area contributed by atoms with Crippen molar-refractivity contribution in [3.05, 3.63) is 12.7 Å². The predicted octanol–water partition coefficient (Wildman–Crippen LogP) is 8.39. The maximum absolute atomic E-state index is 6.80. The van der Waals surface area contributed by atoms with E-state index in [1.807, 2.05) is 0 Å². The molecule has 37 heavy (non-hydrogen) atoms. The van der Waals surface area contributed by atoms with Gasteiger partial charge in [0.25, 0.3) is 0 Å². The molecule has 0 aliphatic heterocycles. The maximum Gasteiger partial charge on any atom is 0.0702 e. The van der Waals surface area contributed by atoms with Crippen LogP contribution in [0.15, 0.2) is 12.7 Å². The van der Waals surface area contributed by atoms with Crippen molar-refractivity contribution >= 4 is 0 Å². The Morgan fingerprint density at radius 2 is 1.51 bits per heavy atom. The highest BCUT2D eigenvalue weighted by Crippen LogP contribution is 2.31. The van der Waals surface area contributed by atoms with Gasteiger partial charge >= 0.3 is 0 Å². The average Bonchev–Trinajstić information content (AvgIpc) is 2.80. The Bertz CT molecular complexity index is 570. The lowest BCUT2D eigenvalue weighted by Gasteiger charge is -2.40.